The zero-order chi connectivity index (χ0) is 17.8. The van der Waals surface area contributed by atoms with E-state index >= 15 is 0 Å². The van der Waals surface area contributed by atoms with Crippen LogP contribution < -0.4 is 20.1 Å². The van der Waals surface area contributed by atoms with E-state index in [0.29, 0.717) is 19.0 Å². The molecule has 1 aliphatic heterocycles. The Morgan fingerprint density at radius 2 is 1.88 bits per heavy atom. The van der Waals surface area contributed by atoms with Gasteiger partial charge in [0, 0.05) is 24.5 Å². The second-order valence-electron chi connectivity index (χ2n) is 5.93. The first kappa shape index (κ1) is 16.1. The molecule has 0 saturated carbocycles. The normalized spacial score (nSPS) is 12.0. The number of benzene rings is 1. The Bertz CT molecular complexity index is 902. The second kappa shape index (κ2) is 7.26. The average molecular weight is 349 g/mol. The number of aromatic nitrogens is 3. The molecule has 0 fully saturated rings. The number of ether oxygens (including phenoxy) is 2. The summed E-state index contributed by atoms with van der Waals surface area (Å²) in [6.07, 6.45) is 1.77. The van der Waals surface area contributed by atoms with Crippen LogP contribution in [0, 0.1) is 6.92 Å². The van der Waals surface area contributed by atoms with E-state index in [1.54, 1.807) is 6.20 Å². The van der Waals surface area contributed by atoms with Gasteiger partial charge in [-0.3, -0.25) is 4.98 Å². The molecular formula is C19H19N5O2. The first-order chi connectivity index (χ1) is 12.8. The summed E-state index contributed by atoms with van der Waals surface area (Å²) >= 11 is 0. The molecule has 2 aromatic heterocycles. The highest BCUT2D eigenvalue weighted by atomic mass is 16.7. The van der Waals surface area contributed by atoms with Crippen molar-refractivity contribution in [1.29, 1.82) is 0 Å². The first-order valence-electron chi connectivity index (χ1n) is 8.38. The molecule has 0 bridgehead atoms. The van der Waals surface area contributed by atoms with Gasteiger partial charge in [-0.1, -0.05) is 12.1 Å². The molecule has 132 valence electrons. The van der Waals surface area contributed by atoms with Crippen LogP contribution in [0.5, 0.6) is 11.5 Å². The highest BCUT2D eigenvalue weighted by Crippen LogP contribution is 2.32. The van der Waals surface area contributed by atoms with Crippen LogP contribution in [-0.4, -0.2) is 21.7 Å². The van der Waals surface area contributed by atoms with E-state index in [0.717, 1.165) is 34.3 Å². The fourth-order valence-corrected chi connectivity index (χ4v) is 2.65. The lowest BCUT2D eigenvalue weighted by atomic mass is 10.2. The molecule has 26 heavy (non-hydrogen) atoms. The summed E-state index contributed by atoms with van der Waals surface area (Å²) in [6, 6.07) is 13.6. The number of pyridine rings is 1. The van der Waals surface area contributed by atoms with Crippen LogP contribution in [0.3, 0.4) is 0 Å². The number of nitrogens with one attached hydrogen (secondary N) is 2. The SMILES string of the molecule is Cc1cc(NCc2ccc3c(c2)OCO3)nc(NCc2ccccn2)n1. The number of anilines is 2. The molecule has 3 aromatic rings. The molecule has 2 N–H and O–H groups in total. The summed E-state index contributed by atoms with van der Waals surface area (Å²) < 4.78 is 10.7. The van der Waals surface area contributed by atoms with Crippen LogP contribution >= 0.6 is 0 Å². The van der Waals surface area contributed by atoms with Crippen molar-refractivity contribution in [3.63, 3.8) is 0 Å². The van der Waals surface area contributed by atoms with Gasteiger partial charge in [0.25, 0.3) is 0 Å². The van der Waals surface area contributed by atoms with Gasteiger partial charge in [-0.25, -0.2) is 4.98 Å². The van der Waals surface area contributed by atoms with Crippen LogP contribution in [0.1, 0.15) is 17.0 Å². The Labute approximate surface area is 151 Å². The van der Waals surface area contributed by atoms with E-state index in [2.05, 4.69) is 25.6 Å². The monoisotopic (exact) mass is 349 g/mol. The molecule has 7 nitrogen and oxygen atoms in total. The topological polar surface area (TPSA) is 81.2 Å². The first-order valence-corrected chi connectivity index (χ1v) is 8.38. The van der Waals surface area contributed by atoms with Crippen molar-refractivity contribution in [1.82, 2.24) is 15.0 Å². The summed E-state index contributed by atoms with van der Waals surface area (Å²) in [7, 11) is 0. The maximum Gasteiger partial charge on any atom is 0.231 e. The molecule has 0 unspecified atom stereocenters. The predicted octanol–water partition coefficient (Wildman–Crippen LogP) is 3.13. The second-order valence-corrected chi connectivity index (χ2v) is 5.93. The number of aryl methyl sites for hydroxylation is 1. The lowest BCUT2D eigenvalue weighted by Gasteiger charge is -2.10. The summed E-state index contributed by atoms with van der Waals surface area (Å²) in [4.78, 5) is 13.2. The average Bonchev–Trinajstić information content (AvgIpc) is 3.13. The number of hydrogen-bond acceptors (Lipinski definition) is 7. The van der Waals surface area contributed by atoms with Crippen LogP contribution in [0.25, 0.3) is 0 Å². The molecule has 0 radical (unpaired) electrons. The molecule has 0 saturated heterocycles. The summed E-state index contributed by atoms with van der Waals surface area (Å²) in [5.41, 5.74) is 2.91. The largest absolute Gasteiger partial charge is 0.454 e. The van der Waals surface area contributed by atoms with Gasteiger partial charge in [0.15, 0.2) is 11.5 Å². The maximum atomic E-state index is 5.41. The zero-order valence-electron chi connectivity index (χ0n) is 14.4. The van der Waals surface area contributed by atoms with Crippen molar-refractivity contribution in [3.05, 3.63) is 65.6 Å². The number of nitrogens with zero attached hydrogens (tertiary/aromatic N) is 3. The van der Waals surface area contributed by atoms with Gasteiger partial charge in [0.2, 0.25) is 12.7 Å². The molecular weight excluding hydrogens is 330 g/mol. The van der Waals surface area contributed by atoms with Gasteiger partial charge in [-0.2, -0.15) is 4.98 Å². The van der Waals surface area contributed by atoms with E-state index in [1.807, 2.05) is 49.4 Å². The van der Waals surface area contributed by atoms with Crippen molar-refractivity contribution in [2.24, 2.45) is 0 Å². The minimum absolute atomic E-state index is 0.280. The van der Waals surface area contributed by atoms with Gasteiger partial charge in [-0.15, -0.1) is 0 Å². The Balaban J connectivity index is 1.41. The summed E-state index contributed by atoms with van der Waals surface area (Å²) in [6.45, 7) is 3.43. The van der Waals surface area contributed by atoms with Gasteiger partial charge in [0.05, 0.1) is 12.2 Å². The molecule has 0 spiro atoms. The van der Waals surface area contributed by atoms with Crippen LogP contribution in [0.2, 0.25) is 0 Å². The third-order valence-corrected chi connectivity index (χ3v) is 3.92. The van der Waals surface area contributed by atoms with E-state index in [1.165, 1.54) is 0 Å². The van der Waals surface area contributed by atoms with Crippen LogP contribution in [0.15, 0.2) is 48.7 Å². The van der Waals surface area contributed by atoms with E-state index < -0.39 is 0 Å². The highest BCUT2D eigenvalue weighted by molar-refractivity contribution is 5.47. The molecule has 4 rings (SSSR count). The Morgan fingerprint density at radius 1 is 0.962 bits per heavy atom. The molecule has 1 aromatic carbocycles. The predicted molar refractivity (Wildman–Crippen MR) is 98.2 cm³/mol. The number of hydrogen-bond donors (Lipinski definition) is 2. The van der Waals surface area contributed by atoms with Gasteiger partial charge in [-0.05, 0) is 36.8 Å². The number of fused-ring (bicyclic) bond motifs is 1. The van der Waals surface area contributed by atoms with Crippen molar-refractivity contribution in [2.75, 3.05) is 17.4 Å². The zero-order valence-corrected chi connectivity index (χ0v) is 14.4. The Kier molecular flexibility index (Phi) is 4.51. The van der Waals surface area contributed by atoms with Gasteiger partial charge in [0.1, 0.15) is 5.82 Å². The Morgan fingerprint density at radius 3 is 2.77 bits per heavy atom. The molecule has 0 atom stereocenters. The standard InChI is InChI=1S/C19H19N5O2/c1-13-8-18(21-10-14-5-6-16-17(9-14)26-12-25-16)24-19(23-13)22-11-15-4-2-3-7-20-15/h2-9H,10-12H2,1H3,(H2,21,22,23,24). The third-order valence-electron chi connectivity index (χ3n) is 3.92. The van der Waals surface area contributed by atoms with E-state index in [-0.39, 0.29) is 6.79 Å². The summed E-state index contributed by atoms with van der Waals surface area (Å²) in [5, 5.41) is 6.54. The van der Waals surface area contributed by atoms with Crippen molar-refractivity contribution in [3.8, 4) is 11.5 Å². The fourth-order valence-electron chi connectivity index (χ4n) is 2.65. The van der Waals surface area contributed by atoms with Crippen LogP contribution in [-0.2, 0) is 13.1 Å². The van der Waals surface area contributed by atoms with E-state index in [9.17, 15) is 0 Å². The van der Waals surface area contributed by atoms with Crippen molar-refractivity contribution < 1.29 is 9.47 Å². The summed E-state index contributed by atoms with van der Waals surface area (Å²) in [5.74, 6) is 2.90. The Hall–Kier alpha value is -3.35. The molecule has 0 aliphatic carbocycles. The number of rotatable bonds is 6. The highest BCUT2D eigenvalue weighted by Gasteiger charge is 2.13. The maximum absolute atomic E-state index is 5.41. The lowest BCUT2D eigenvalue weighted by Crippen LogP contribution is -2.08. The van der Waals surface area contributed by atoms with Gasteiger partial charge >= 0.3 is 0 Å². The quantitative estimate of drug-likeness (QED) is 0.707. The van der Waals surface area contributed by atoms with Gasteiger partial charge < -0.3 is 20.1 Å². The third kappa shape index (κ3) is 3.83. The minimum Gasteiger partial charge on any atom is -0.454 e. The lowest BCUT2D eigenvalue weighted by molar-refractivity contribution is 0.174. The molecule has 3 heterocycles. The smallest absolute Gasteiger partial charge is 0.231 e. The molecule has 7 heteroatoms. The molecule has 1 aliphatic rings. The van der Waals surface area contributed by atoms with Crippen molar-refractivity contribution in [2.45, 2.75) is 20.0 Å². The van der Waals surface area contributed by atoms with Crippen LogP contribution in [0.4, 0.5) is 11.8 Å². The fraction of sp³-hybridized carbons (Fsp3) is 0.211. The van der Waals surface area contributed by atoms with Crippen molar-refractivity contribution >= 4 is 11.8 Å². The minimum atomic E-state index is 0.280. The molecule has 0 amide bonds. The van der Waals surface area contributed by atoms with E-state index in [4.69, 9.17) is 9.47 Å².